The number of anilines is 1. The van der Waals surface area contributed by atoms with E-state index in [1.807, 2.05) is 59.7 Å². The second-order valence-electron chi connectivity index (χ2n) is 12.3. The summed E-state index contributed by atoms with van der Waals surface area (Å²) in [5.74, 6) is -3.07. The number of esters is 1. The van der Waals surface area contributed by atoms with Crippen molar-refractivity contribution in [3.63, 3.8) is 0 Å². The van der Waals surface area contributed by atoms with Crippen molar-refractivity contribution in [3.05, 3.63) is 54.6 Å². The number of carbonyl (C=O) groups excluding carboxylic acids is 3. The molecule has 1 aromatic rings. The zero-order valence-electron chi connectivity index (χ0n) is 25.4. The van der Waals surface area contributed by atoms with Gasteiger partial charge in [0.1, 0.15) is 17.6 Å². The summed E-state index contributed by atoms with van der Waals surface area (Å²) in [4.78, 5) is 46.4. The van der Waals surface area contributed by atoms with Gasteiger partial charge in [-0.3, -0.25) is 14.4 Å². The van der Waals surface area contributed by atoms with Crippen LogP contribution in [0.2, 0.25) is 0 Å². The number of likely N-dealkylation sites (tertiary alicyclic amines) is 1. The predicted molar refractivity (Wildman–Crippen MR) is 158 cm³/mol. The second-order valence-corrected chi connectivity index (χ2v) is 12.3. The lowest BCUT2D eigenvalue weighted by Crippen LogP contribution is -2.60. The molecule has 3 saturated heterocycles. The molecule has 4 rings (SSSR count). The first-order valence-electron chi connectivity index (χ1n) is 14.8. The Kier molecular flexibility index (Phi) is 8.86. The van der Waals surface area contributed by atoms with Crippen LogP contribution in [0.25, 0.3) is 0 Å². The van der Waals surface area contributed by atoms with Crippen LogP contribution >= 0.6 is 0 Å². The van der Waals surface area contributed by atoms with Crippen LogP contribution in [0.15, 0.2) is 43.5 Å². The third-order valence-corrected chi connectivity index (χ3v) is 9.94. The number of carbonyl (C=O) groups is 3. The minimum Gasteiger partial charge on any atom is -0.465 e. The fourth-order valence-corrected chi connectivity index (χ4v) is 7.62. The quantitative estimate of drug-likeness (QED) is 0.230. The lowest BCUT2D eigenvalue weighted by Gasteiger charge is -2.41. The number of ether oxygens (including phenoxy) is 2. The topological polar surface area (TPSA) is 96.4 Å². The molecule has 8 nitrogen and oxygen atoms in total. The van der Waals surface area contributed by atoms with Gasteiger partial charge in [-0.05, 0) is 56.6 Å². The Bertz CT molecular complexity index is 1190. The Labute approximate surface area is 244 Å². The third-order valence-electron chi connectivity index (χ3n) is 9.94. The number of para-hydroxylation sites is 1. The largest absolute Gasteiger partial charge is 0.465 e. The molecule has 2 bridgehead atoms. The number of amides is 2. The van der Waals surface area contributed by atoms with E-state index in [1.165, 1.54) is 0 Å². The van der Waals surface area contributed by atoms with Gasteiger partial charge < -0.3 is 24.4 Å². The van der Waals surface area contributed by atoms with Gasteiger partial charge in [0.2, 0.25) is 5.91 Å². The molecule has 3 heterocycles. The van der Waals surface area contributed by atoms with E-state index in [4.69, 9.17) is 9.47 Å². The number of hydrogen-bond donors (Lipinski definition) is 1. The van der Waals surface area contributed by atoms with Gasteiger partial charge in [-0.15, -0.1) is 13.2 Å². The van der Waals surface area contributed by atoms with E-state index in [0.29, 0.717) is 19.3 Å². The van der Waals surface area contributed by atoms with Gasteiger partial charge in [-0.25, -0.2) is 0 Å². The zero-order chi connectivity index (χ0) is 30.3. The molecule has 0 aromatic heterocycles. The van der Waals surface area contributed by atoms with E-state index in [1.54, 1.807) is 22.0 Å². The van der Waals surface area contributed by atoms with Gasteiger partial charge in [0.25, 0.3) is 5.91 Å². The fourth-order valence-electron chi connectivity index (χ4n) is 7.62. The van der Waals surface area contributed by atoms with Crippen molar-refractivity contribution in [1.82, 2.24) is 4.90 Å². The van der Waals surface area contributed by atoms with E-state index < -0.39 is 41.1 Å². The van der Waals surface area contributed by atoms with E-state index in [2.05, 4.69) is 13.2 Å². The van der Waals surface area contributed by atoms with Crippen LogP contribution in [-0.2, 0) is 23.9 Å². The molecule has 224 valence electrons. The first kappa shape index (κ1) is 31.0. The third kappa shape index (κ3) is 4.73. The number of hydrogen-bond acceptors (Lipinski definition) is 6. The van der Waals surface area contributed by atoms with Crippen molar-refractivity contribution < 1.29 is 29.0 Å². The fraction of sp³-hybridized carbons (Fsp3) is 0.606. The van der Waals surface area contributed by atoms with Gasteiger partial charge in [0, 0.05) is 12.2 Å². The van der Waals surface area contributed by atoms with Crippen LogP contribution in [0.5, 0.6) is 0 Å². The summed E-state index contributed by atoms with van der Waals surface area (Å²) < 4.78 is 12.5. The number of aliphatic hydroxyl groups is 1. The highest BCUT2D eigenvalue weighted by Crippen LogP contribution is 2.66. The van der Waals surface area contributed by atoms with E-state index in [0.717, 1.165) is 16.8 Å². The molecular formula is C33H46N2O6. The van der Waals surface area contributed by atoms with Crippen molar-refractivity contribution in [2.24, 2.45) is 23.7 Å². The van der Waals surface area contributed by atoms with Crippen LogP contribution in [0.4, 0.5) is 5.69 Å². The zero-order valence-corrected chi connectivity index (χ0v) is 25.4. The van der Waals surface area contributed by atoms with Crippen LogP contribution in [0, 0.1) is 37.5 Å². The number of benzene rings is 1. The summed E-state index contributed by atoms with van der Waals surface area (Å²) in [5, 5.41) is 10.6. The van der Waals surface area contributed by atoms with Crippen LogP contribution in [-0.4, -0.2) is 70.8 Å². The van der Waals surface area contributed by atoms with Gasteiger partial charge in [0.15, 0.2) is 0 Å². The molecule has 8 atom stereocenters. The highest BCUT2D eigenvalue weighted by Gasteiger charge is 2.81. The number of aliphatic hydroxyl groups excluding tert-OH is 1. The highest BCUT2D eigenvalue weighted by molar-refractivity contribution is 6.05. The monoisotopic (exact) mass is 566 g/mol. The summed E-state index contributed by atoms with van der Waals surface area (Å²) >= 11 is 0. The molecule has 3 fully saturated rings. The first-order chi connectivity index (χ1) is 19.4. The van der Waals surface area contributed by atoms with Crippen molar-refractivity contribution in [2.75, 3.05) is 24.7 Å². The summed E-state index contributed by atoms with van der Waals surface area (Å²) in [7, 11) is 0. The second kappa shape index (κ2) is 11.7. The molecule has 3 unspecified atom stereocenters. The minimum atomic E-state index is -1.23. The van der Waals surface area contributed by atoms with Crippen molar-refractivity contribution in [3.8, 4) is 0 Å². The van der Waals surface area contributed by atoms with Crippen molar-refractivity contribution in [2.45, 2.75) is 84.1 Å². The van der Waals surface area contributed by atoms with Crippen molar-refractivity contribution >= 4 is 23.5 Å². The van der Waals surface area contributed by atoms with Crippen LogP contribution in [0.1, 0.15) is 58.1 Å². The van der Waals surface area contributed by atoms with E-state index >= 15 is 0 Å². The molecule has 8 heteroatoms. The summed E-state index contributed by atoms with van der Waals surface area (Å²) in [6.45, 7) is 19.4. The lowest BCUT2D eigenvalue weighted by molar-refractivity contribution is -0.162. The number of rotatable bonds is 12. The molecule has 3 aliphatic heterocycles. The summed E-state index contributed by atoms with van der Waals surface area (Å²) in [6, 6.07) is 4.21. The number of nitrogens with zero attached hydrogens (tertiary/aromatic N) is 2. The molecule has 1 N–H and O–H groups in total. The average molecular weight is 567 g/mol. The summed E-state index contributed by atoms with van der Waals surface area (Å²) in [5.41, 5.74) is 0.406. The molecular weight excluding hydrogens is 520 g/mol. The van der Waals surface area contributed by atoms with Gasteiger partial charge in [-0.2, -0.15) is 0 Å². The average Bonchev–Trinajstić information content (AvgIpc) is 3.45. The SMILES string of the molecule is C=CCCOC(=O)[C@H]1[C@H]2C(=O)N([C@@H](CO)[C@@H](C)CC)C(C(=O)N(CC=C)c3c(C)cccc3C)C23CC(C)[C@]1(C)O3. The number of fused-ring (bicyclic) bond motifs is 1. The molecule has 0 radical (unpaired) electrons. The Morgan fingerprint density at radius 1 is 1.27 bits per heavy atom. The maximum Gasteiger partial charge on any atom is 0.312 e. The van der Waals surface area contributed by atoms with Crippen molar-refractivity contribution in [1.29, 1.82) is 0 Å². The van der Waals surface area contributed by atoms with Crippen LogP contribution < -0.4 is 4.90 Å². The Balaban J connectivity index is 1.90. The van der Waals surface area contributed by atoms with E-state index in [-0.39, 0.29) is 43.4 Å². The molecule has 1 spiro atoms. The predicted octanol–water partition coefficient (Wildman–Crippen LogP) is 4.36. The normalized spacial score (nSPS) is 31.5. The van der Waals surface area contributed by atoms with E-state index in [9.17, 15) is 19.5 Å². The molecule has 0 saturated carbocycles. The van der Waals surface area contributed by atoms with Gasteiger partial charge in [0.05, 0.1) is 30.8 Å². The smallest absolute Gasteiger partial charge is 0.312 e. The molecule has 0 aliphatic carbocycles. The molecule has 41 heavy (non-hydrogen) atoms. The Morgan fingerprint density at radius 3 is 2.49 bits per heavy atom. The first-order valence-corrected chi connectivity index (χ1v) is 14.8. The minimum absolute atomic E-state index is 0.0919. The van der Waals surface area contributed by atoms with Crippen LogP contribution in [0.3, 0.4) is 0 Å². The Morgan fingerprint density at radius 2 is 1.93 bits per heavy atom. The molecule has 3 aliphatic rings. The summed E-state index contributed by atoms with van der Waals surface area (Å²) in [6.07, 6.45) is 4.98. The Hall–Kier alpha value is -2.97. The molecule has 2 amide bonds. The standard InChI is InChI=1S/C33H46N2O6/c1-9-12-17-40-31(39)26-25-29(37)35(24(19-36)20(4)11-3)28(33(25)18-23(7)32(26,8)41-33)30(38)34(16-10-2)27-21(5)14-13-15-22(27)6/h9-10,13-15,20,23-26,28,36H,1-2,11-12,16-19H2,3-8H3/t20-,23?,24-,25-,26+,28?,32-,33?/m0/s1. The maximum absolute atomic E-state index is 14.9. The maximum atomic E-state index is 14.9. The molecule has 1 aromatic carbocycles. The highest BCUT2D eigenvalue weighted by atomic mass is 16.6. The number of aryl methyl sites for hydroxylation is 2. The lowest BCUT2D eigenvalue weighted by atomic mass is 9.62. The van der Waals surface area contributed by atoms with Gasteiger partial charge >= 0.3 is 5.97 Å². The van der Waals surface area contributed by atoms with Gasteiger partial charge in [-0.1, -0.05) is 57.5 Å².